The summed E-state index contributed by atoms with van der Waals surface area (Å²) in [6, 6.07) is 12.8. The summed E-state index contributed by atoms with van der Waals surface area (Å²) in [6.07, 6.45) is -0.789. The van der Waals surface area contributed by atoms with Gasteiger partial charge in [0.15, 0.2) is 0 Å². The summed E-state index contributed by atoms with van der Waals surface area (Å²) in [5.74, 6) is 0. The molecule has 0 bridgehead atoms. The molecule has 0 aliphatic carbocycles. The third-order valence-corrected chi connectivity index (χ3v) is 3.72. The van der Waals surface area contributed by atoms with E-state index in [1.54, 1.807) is 25.3 Å². The van der Waals surface area contributed by atoms with Crippen LogP contribution in [0.2, 0.25) is 10.0 Å². The van der Waals surface area contributed by atoms with E-state index in [4.69, 9.17) is 27.9 Å². The minimum absolute atomic E-state index is 0.387. The molecular weight excluding hydrogens is 283 g/mol. The first-order valence-corrected chi connectivity index (χ1v) is 6.59. The van der Waals surface area contributed by atoms with E-state index in [0.717, 1.165) is 11.1 Å². The maximum absolute atomic E-state index is 10.3. The lowest BCUT2D eigenvalue weighted by Crippen LogP contribution is -2.01. The van der Waals surface area contributed by atoms with Crippen molar-refractivity contribution in [3.05, 3.63) is 69.2 Å². The molecule has 0 amide bonds. The summed E-state index contributed by atoms with van der Waals surface area (Å²) in [4.78, 5) is 0. The van der Waals surface area contributed by atoms with Gasteiger partial charge in [-0.2, -0.15) is 0 Å². The highest BCUT2D eigenvalue weighted by molar-refractivity contribution is 6.42. The summed E-state index contributed by atoms with van der Waals surface area (Å²) in [7, 11) is 1.65. The number of hydrogen-bond acceptors (Lipinski definition) is 2. The zero-order chi connectivity index (χ0) is 13.8. The Kier molecular flexibility index (Phi) is 4.83. The highest BCUT2D eigenvalue weighted by Crippen LogP contribution is 2.33. The van der Waals surface area contributed by atoms with Gasteiger partial charge >= 0.3 is 0 Å². The van der Waals surface area contributed by atoms with Gasteiger partial charge in [0.25, 0.3) is 0 Å². The summed E-state index contributed by atoms with van der Waals surface area (Å²) in [5.41, 5.74) is 2.42. The molecule has 2 aromatic carbocycles. The van der Waals surface area contributed by atoms with Crippen LogP contribution >= 0.6 is 23.2 Å². The van der Waals surface area contributed by atoms with Crippen LogP contribution in [0.3, 0.4) is 0 Å². The van der Waals surface area contributed by atoms with Crippen molar-refractivity contribution in [2.75, 3.05) is 7.11 Å². The number of ether oxygens (including phenoxy) is 1. The summed E-state index contributed by atoms with van der Waals surface area (Å²) < 4.78 is 5.05. The highest BCUT2D eigenvalue weighted by atomic mass is 35.5. The third kappa shape index (κ3) is 3.28. The fraction of sp³-hybridized carbons (Fsp3) is 0.200. The van der Waals surface area contributed by atoms with Crippen molar-refractivity contribution in [1.82, 2.24) is 0 Å². The minimum atomic E-state index is -0.789. The SMILES string of the molecule is COCc1ccc(C(O)c2cccc(Cl)c2Cl)cc1. The fourth-order valence-corrected chi connectivity index (χ4v) is 2.29. The summed E-state index contributed by atoms with van der Waals surface area (Å²) in [5, 5.41) is 11.2. The van der Waals surface area contributed by atoms with E-state index in [2.05, 4.69) is 0 Å². The Balaban J connectivity index is 2.28. The van der Waals surface area contributed by atoms with Crippen molar-refractivity contribution in [3.8, 4) is 0 Å². The third-order valence-electron chi connectivity index (χ3n) is 2.88. The van der Waals surface area contributed by atoms with E-state index < -0.39 is 6.10 Å². The summed E-state index contributed by atoms with van der Waals surface area (Å²) >= 11 is 12.1. The van der Waals surface area contributed by atoms with Crippen LogP contribution in [-0.2, 0) is 11.3 Å². The van der Waals surface area contributed by atoms with Crippen LogP contribution in [-0.4, -0.2) is 12.2 Å². The largest absolute Gasteiger partial charge is 0.384 e. The predicted molar refractivity (Wildman–Crippen MR) is 77.7 cm³/mol. The van der Waals surface area contributed by atoms with Gasteiger partial charge in [0, 0.05) is 12.7 Å². The Labute approximate surface area is 122 Å². The second-order valence-corrected chi connectivity index (χ2v) is 5.01. The zero-order valence-corrected chi connectivity index (χ0v) is 11.9. The van der Waals surface area contributed by atoms with Crippen molar-refractivity contribution < 1.29 is 9.84 Å². The highest BCUT2D eigenvalue weighted by Gasteiger charge is 2.15. The quantitative estimate of drug-likeness (QED) is 0.915. The molecule has 2 nitrogen and oxygen atoms in total. The van der Waals surface area contributed by atoms with Crippen molar-refractivity contribution in [2.24, 2.45) is 0 Å². The molecule has 1 N–H and O–H groups in total. The average Bonchev–Trinajstić information content (AvgIpc) is 2.42. The lowest BCUT2D eigenvalue weighted by atomic mass is 10.0. The molecule has 0 saturated carbocycles. The first-order chi connectivity index (χ1) is 9.13. The van der Waals surface area contributed by atoms with Crippen LogP contribution in [0.1, 0.15) is 22.8 Å². The van der Waals surface area contributed by atoms with Gasteiger partial charge in [0.05, 0.1) is 16.7 Å². The molecule has 0 fully saturated rings. The Morgan fingerprint density at radius 1 is 1.11 bits per heavy atom. The number of aliphatic hydroxyl groups excluding tert-OH is 1. The van der Waals surface area contributed by atoms with Crippen molar-refractivity contribution in [1.29, 1.82) is 0 Å². The van der Waals surface area contributed by atoms with E-state index in [9.17, 15) is 5.11 Å². The van der Waals surface area contributed by atoms with Gasteiger partial charge < -0.3 is 9.84 Å². The van der Waals surface area contributed by atoms with Crippen molar-refractivity contribution in [3.63, 3.8) is 0 Å². The zero-order valence-electron chi connectivity index (χ0n) is 10.4. The summed E-state index contributed by atoms with van der Waals surface area (Å²) in [6.45, 7) is 0.550. The minimum Gasteiger partial charge on any atom is -0.384 e. The van der Waals surface area contributed by atoms with Crippen LogP contribution < -0.4 is 0 Å². The monoisotopic (exact) mass is 296 g/mol. The van der Waals surface area contributed by atoms with Crippen LogP contribution in [0.4, 0.5) is 0 Å². The molecular formula is C15H14Cl2O2. The molecule has 0 heterocycles. The second kappa shape index (κ2) is 6.40. The normalized spacial score (nSPS) is 12.4. The second-order valence-electron chi connectivity index (χ2n) is 4.22. The van der Waals surface area contributed by atoms with Gasteiger partial charge in [-0.15, -0.1) is 0 Å². The van der Waals surface area contributed by atoms with Crippen LogP contribution in [0.25, 0.3) is 0 Å². The molecule has 0 aliphatic heterocycles. The molecule has 2 aromatic rings. The van der Waals surface area contributed by atoms with E-state index in [0.29, 0.717) is 22.2 Å². The van der Waals surface area contributed by atoms with Crippen molar-refractivity contribution in [2.45, 2.75) is 12.7 Å². The Morgan fingerprint density at radius 3 is 2.42 bits per heavy atom. The van der Waals surface area contributed by atoms with Gasteiger partial charge in [0.2, 0.25) is 0 Å². The predicted octanol–water partition coefficient (Wildman–Crippen LogP) is 4.22. The average molecular weight is 297 g/mol. The molecule has 19 heavy (non-hydrogen) atoms. The van der Waals surface area contributed by atoms with E-state index >= 15 is 0 Å². The number of hydrogen-bond donors (Lipinski definition) is 1. The maximum atomic E-state index is 10.3. The molecule has 1 unspecified atom stereocenters. The lowest BCUT2D eigenvalue weighted by Gasteiger charge is -2.14. The van der Waals surface area contributed by atoms with Gasteiger partial charge in [0.1, 0.15) is 6.10 Å². The molecule has 2 rings (SSSR count). The Bertz CT molecular complexity index is 553. The van der Waals surface area contributed by atoms with Crippen LogP contribution in [0.15, 0.2) is 42.5 Å². The molecule has 0 spiro atoms. The number of rotatable bonds is 4. The lowest BCUT2D eigenvalue weighted by molar-refractivity contribution is 0.184. The van der Waals surface area contributed by atoms with Crippen LogP contribution in [0.5, 0.6) is 0 Å². The standard InChI is InChI=1S/C15H14Cl2O2/c1-19-9-10-5-7-11(8-6-10)15(18)12-3-2-4-13(16)14(12)17/h2-8,15,18H,9H2,1H3. The molecule has 4 heteroatoms. The van der Waals surface area contributed by atoms with Gasteiger partial charge in [-0.05, 0) is 17.2 Å². The Hall–Kier alpha value is -1.06. The Morgan fingerprint density at radius 2 is 1.79 bits per heavy atom. The van der Waals surface area contributed by atoms with Gasteiger partial charge in [-0.25, -0.2) is 0 Å². The number of halogens is 2. The number of methoxy groups -OCH3 is 1. The smallest absolute Gasteiger partial charge is 0.106 e. The van der Waals surface area contributed by atoms with Crippen molar-refractivity contribution >= 4 is 23.2 Å². The van der Waals surface area contributed by atoms with Crippen LogP contribution in [0, 0.1) is 0 Å². The molecule has 0 saturated heterocycles. The molecule has 1 atom stereocenters. The number of benzene rings is 2. The fourth-order valence-electron chi connectivity index (χ4n) is 1.87. The molecule has 100 valence electrons. The number of aliphatic hydroxyl groups is 1. The molecule has 0 aliphatic rings. The van der Waals surface area contributed by atoms with Gasteiger partial charge in [-0.3, -0.25) is 0 Å². The molecule has 0 aromatic heterocycles. The van der Waals surface area contributed by atoms with E-state index in [1.807, 2.05) is 24.3 Å². The van der Waals surface area contributed by atoms with Gasteiger partial charge in [-0.1, -0.05) is 59.6 Å². The first kappa shape index (κ1) is 14.4. The van der Waals surface area contributed by atoms with E-state index in [1.165, 1.54) is 0 Å². The maximum Gasteiger partial charge on any atom is 0.106 e. The first-order valence-electron chi connectivity index (χ1n) is 5.83. The molecule has 0 radical (unpaired) electrons. The van der Waals surface area contributed by atoms with E-state index in [-0.39, 0.29) is 0 Å². The topological polar surface area (TPSA) is 29.5 Å².